The van der Waals surface area contributed by atoms with Crippen molar-refractivity contribution in [3.05, 3.63) is 57.7 Å². The maximum Gasteiger partial charge on any atom is 0.256 e. The lowest BCUT2D eigenvalue weighted by atomic mass is 9.84. The highest BCUT2D eigenvalue weighted by atomic mass is 19.1. The van der Waals surface area contributed by atoms with E-state index in [1.165, 1.54) is 12.5 Å². The number of nitrogens with zero attached hydrogens (tertiary/aromatic N) is 1. The number of piperidine rings is 1. The first-order chi connectivity index (χ1) is 13.3. The van der Waals surface area contributed by atoms with Gasteiger partial charge in [-0.25, -0.2) is 4.39 Å². The van der Waals surface area contributed by atoms with Gasteiger partial charge in [0, 0.05) is 24.7 Å². The number of aryl methyl sites for hydroxylation is 2. The molecule has 0 spiro atoms. The number of hydrogen-bond acceptors (Lipinski definition) is 2. The summed E-state index contributed by atoms with van der Waals surface area (Å²) in [6.45, 7) is 7.04. The van der Waals surface area contributed by atoms with Crippen LogP contribution >= 0.6 is 0 Å². The average Bonchev–Trinajstić information content (AvgIpc) is 3.09. The third-order valence-corrected chi connectivity index (χ3v) is 6.62. The van der Waals surface area contributed by atoms with Gasteiger partial charge in [0.25, 0.3) is 5.91 Å². The first-order valence-corrected chi connectivity index (χ1v) is 10.1. The Morgan fingerprint density at radius 3 is 2.29 bits per heavy atom. The van der Waals surface area contributed by atoms with Crippen LogP contribution in [-0.2, 0) is 0 Å². The van der Waals surface area contributed by atoms with Gasteiger partial charge in [-0.2, -0.15) is 0 Å². The number of carbonyl (C=O) groups is 2. The zero-order chi connectivity index (χ0) is 20.2. The molecular weight excluding hydrogens is 355 g/mol. The van der Waals surface area contributed by atoms with Crippen molar-refractivity contribution in [3.8, 4) is 0 Å². The van der Waals surface area contributed by atoms with Gasteiger partial charge in [-0.15, -0.1) is 0 Å². The number of H-pyrrole nitrogens is 1. The average molecular weight is 382 g/mol. The number of nitrogens with one attached hydrogen (secondary N) is 1. The molecule has 1 aromatic carbocycles. The quantitative estimate of drug-likeness (QED) is 0.773. The fraction of sp³-hybridized carbons (Fsp3) is 0.478. The highest BCUT2D eigenvalue weighted by molar-refractivity contribution is 6.02. The van der Waals surface area contributed by atoms with E-state index in [9.17, 15) is 14.0 Å². The predicted octanol–water partition coefficient (Wildman–Crippen LogP) is 4.83. The second-order valence-corrected chi connectivity index (χ2v) is 8.46. The molecule has 0 aliphatic carbocycles. The Bertz CT molecular complexity index is 948. The number of aromatic nitrogens is 1. The van der Waals surface area contributed by atoms with Crippen LogP contribution in [0.2, 0.25) is 0 Å². The molecule has 0 radical (unpaired) electrons. The van der Waals surface area contributed by atoms with Crippen LogP contribution in [0, 0.1) is 26.6 Å². The largest absolute Gasteiger partial charge is 0.355 e. The Morgan fingerprint density at radius 2 is 1.75 bits per heavy atom. The lowest BCUT2D eigenvalue weighted by Crippen LogP contribution is -2.46. The molecule has 1 N–H and O–H groups in total. The van der Waals surface area contributed by atoms with Gasteiger partial charge in [-0.05, 0) is 75.1 Å². The molecule has 5 heteroatoms. The molecule has 0 saturated carbocycles. The maximum absolute atomic E-state index is 13.6. The van der Waals surface area contributed by atoms with E-state index in [0.717, 1.165) is 36.9 Å². The molecule has 2 fully saturated rings. The molecule has 1 unspecified atom stereocenters. The Kier molecular flexibility index (Phi) is 4.64. The molecule has 28 heavy (non-hydrogen) atoms. The van der Waals surface area contributed by atoms with Gasteiger partial charge >= 0.3 is 0 Å². The number of aromatic amines is 1. The molecular formula is C23H27FN2O2. The summed E-state index contributed by atoms with van der Waals surface area (Å²) in [5, 5.41) is 0. The number of carbonyl (C=O) groups excluding carboxylic acids is 2. The van der Waals surface area contributed by atoms with Crippen LogP contribution in [0.3, 0.4) is 0 Å². The summed E-state index contributed by atoms with van der Waals surface area (Å²) in [6.07, 6.45) is 3.84. The van der Waals surface area contributed by atoms with E-state index < -0.39 is 0 Å². The van der Waals surface area contributed by atoms with Gasteiger partial charge in [0.1, 0.15) is 5.82 Å². The summed E-state index contributed by atoms with van der Waals surface area (Å²) < 4.78 is 13.6. The first kappa shape index (κ1) is 18.9. The predicted molar refractivity (Wildman–Crippen MR) is 106 cm³/mol. The number of hydrogen-bond donors (Lipinski definition) is 1. The maximum atomic E-state index is 13.6. The molecule has 2 aromatic rings. The monoisotopic (exact) mass is 382 g/mol. The minimum absolute atomic E-state index is 0.0417. The number of fused-ring (bicyclic) bond motifs is 2. The summed E-state index contributed by atoms with van der Waals surface area (Å²) in [5.41, 5.74) is 4.56. The number of halogens is 1. The highest BCUT2D eigenvalue weighted by Crippen LogP contribution is 2.44. The Hall–Kier alpha value is -2.43. The van der Waals surface area contributed by atoms with Crippen molar-refractivity contribution < 1.29 is 14.0 Å². The van der Waals surface area contributed by atoms with Crippen molar-refractivity contribution >= 4 is 11.7 Å². The topological polar surface area (TPSA) is 53.2 Å². The number of amides is 1. The van der Waals surface area contributed by atoms with Crippen LogP contribution in [0.1, 0.15) is 81.8 Å². The minimum Gasteiger partial charge on any atom is -0.355 e. The fourth-order valence-corrected chi connectivity index (χ4v) is 5.25. The molecule has 3 heterocycles. The Morgan fingerprint density at radius 1 is 1.11 bits per heavy atom. The van der Waals surface area contributed by atoms with E-state index in [1.807, 2.05) is 26.0 Å². The Labute approximate surface area is 165 Å². The molecule has 4 rings (SSSR count). The van der Waals surface area contributed by atoms with E-state index in [0.29, 0.717) is 22.7 Å². The van der Waals surface area contributed by atoms with Crippen molar-refractivity contribution in [2.45, 2.75) is 71.4 Å². The lowest BCUT2D eigenvalue weighted by molar-refractivity contribution is 0.0570. The van der Waals surface area contributed by atoms with Gasteiger partial charge < -0.3 is 9.88 Å². The molecule has 2 bridgehead atoms. The zero-order valence-corrected chi connectivity index (χ0v) is 16.9. The molecule has 148 valence electrons. The fourth-order valence-electron chi connectivity index (χ4n) is 5.25. The van der Waals surface area contributed by atoms with Crippen LogP contribution < -0.4 is 0 Å². The summed E-state index contributed by atoms with van der Waals surface area (Å²) in [4.78, 5) is 30.4. The number of rotatable bonds is 3. The van der Waals surface area contributed by atoms with E-state index in [2.05, 4.69) is 9.88 Å². The van der Waals surface area contributed by atoms with E-state index in [-0.39, 0.29) is 29.6 Å². The van der Waals surface area contributed by atoms with Gasteiger partial charge in [0.05, 0.1) is 11.3 Å². The first-order valence-electron chi connectivity index (χ1n) is 10.1. The van der Waals surface area contributed by atoms with Crippen LogP contribution in [0.15, 0.2) is 18.2 Å². The standard InChI is InChI=1S/C23H27FN2O2/c1-12-9-16(5-8-20(12)24)17-10-18-6-7-19(11-17)26(18)23(28)21-13(2)22(15(4)27)25-14(21)3/h5,8-9,17-19,25H,6-7,10-11H2,1-4H3/t17?,18-,19+. The van der Waals surface area contributed by atoms with Crippen molar-refractivity contribution in [3.63, 3.8) is 0 Å². The third-order valence-electron chi connectivity index (χ3n) is 6.62. The Balaban J connectivity index is 1.60. The van der Waals surface area contributed by atoms with Crippen molar-refractivity contribution in [1.82, 2.24) is 9.88 Å². The number of Topliss-reactive ketones (excluding diaryl/α,β-unsaturated/α-hetero) is 1. The molecule has 4 nitrogen and oxygen atoms in total. The lowest BCUT2D eigenvalue weighted by Gasteiger charge is -2.39. The number of ketones is 1. The molecule has 2 saturated heterocycles. The smallest absolute Gasteiger partial charge is 0.256 e. The SMILES string of the molecule is CC(=O)c1[nH]c(C)c(C(=O)N2[C@@H]3CC[C@H]2CC(c2ccc(F)c(C)c2)C3)c1C. The summed E-state index contributed by atoms with van der Waals surface area (Å²) in [7, 11) is 0. The second kappa shape index (κ2) is 6.87. The van der Waals surface area contributed by atoms with E-state index in [1.54, 1.807) is 13.0 Å². The summed E-state index contributed by atoms with van der Waals surface area (Å²) in [5.74, 6) is 0.189. The molecule has 2 aliphatic rings. The highest BCUT2D eigenvalue weighted by Gasteiger charge is 2.44. The van der Waals surface area contributed by atoms with Crippen LogP contribution in [0.5, 0.6) is 0 Å². The van der Waals surface area contributed by atoms with E-state index in [4.69, 9.17) is 0 Å². The number of benzene rings is 1. The summed E-state index contributed by atoms with van der Waals surface area (Å²) in [6, 6.07) is 5.81. The van der Waals surface area contributed by atoms with Crippen molar-refractivity contribution in [2.75, 3.05) is 0 Å². The molecule has 1 aromatic heterocycles. The van der Waals surface area contributed by atoms with Crippen LogP contribution in [0.25, 0.3) is 0 Å². The zero-order valence-electron chi connectivity index (χ0n) is 16.9. The molecule has 3 atom stereocenters. The molecule has 2 aliphatic heterocycles. The van der Waals surface area contributed by atoms with Gasteiger partial charge in [0.15, 0.2) is 5.78 Å². The second-order valence-electron chi connectivity index (χ2n) is 8.46. The van der Waals surface area contributed by atoms with Gasteiger partial charge in [-0.3, -0.25) is 9.59 Å². The van der Waals surface area contributed by atoms with Crippen LogP contribution in [-0.4, -0.2) is 33.7 Å². The van der Waals surface area contributed by atoms with Crippen molar-refractivity contribution in [1.29, 1.82) is 0 Å². The van der Waals surface area contributed by atoms with Gasteiger partial charge in [-0.1, -0.05) is 12.1 Å². The minimum atomic E-state index is -0.168. The van der Waals surface area contributed by atoms with Crippen LogP contribution in [0.4, 0.5) is 4.39 Å². The van der Waals surface area contributed by atoms with Gasteiger partial charge in [0.2, 0.25) is 0 Å². The third kappa shape index (κ3) is 2.97. The van der Waals surface area contributed by atoms with E-state index >= 15 is 0 Å². The van der Waals surface area contributed by atoms with Crippen molar-refractivity contribution in [2.24, 2.45) is 0 Å². The molecule has 1 amide bonds. The normalized spacial score (nSPS) is 23.9. The summed E-state index contributed by atoms with van der Waals surface area (Å²) >= 11 is 0.